The van der Waals surface area contributed by atoms with Gasteiger partial charge in [0.05, 0.1) is 0 Å². The van der Waals surface area contributed by atoms with Crippen LogP contribution in [0.5, 0.6) is 0 Å². The van der Waals surface area contributed by atoms with E-state index in [9.17, 15) is 0 Å². The van der Waals surface area contributed by atoms with Crippen molar-refractivity contribution in [2.45, 2.75) is 64.6 Å². The van der Waals surface area contributed by atoms with Crippen LogP contribution in [-0.2, 0) is 0 Å². The number of likely N-dealkylation sites (N-methyl/N-ethyl adjacent to an activating group) is 1. The monoisotopic (exact) mass is 269 g/mol. The molecule has 0 aromatic rings. The molecule has 19 heavy (non-hydrogen) atoms. The zero-order valence-corrected chi connectivity index (χ0v) is 13.9. The second kappa shape index (κ2) is 8.23. The summed E-state index contributed by atoms with van der Waals surface area (Å²) in [4.78, 5) is 4.88. The fraction of sp³-hybridized carbons (Fsp3) is 1.00. The van der Waals surface area contributed by atoms with Gasteiger partial charge in [-0.15, -0.1) is 0 Å². The van der Waals surface area contributed by atoms with E-state index in [0.29, 0.717) is 12.1 Å². The molecule has 0 spiro atoms. The van der Waals surface area contributed by atoms with Gasteiger partial charge in [-0.2, -0.15) is 0 Å². The molecule has 1 aliphatic rings. The standard InChI is InChI=1S/C16H35N3/c1-7-14(8-2)16(18(4)5)12-17-15-9-10-19(6)13(3)11-15/h13-17H,7-12H2,1-6H3. The quantitative estimate of drug-likeness (QED) is 0.766. The van der Waals surface area contributed by atoms with Gasteiger partial charge >= 0.3 is 0 Å². The van der Waals surface area contributed by atoms with Gasteiger partial charge in [-0.25, -0.2) is 0 Å². The molecule has 1 saturated heterocycles. The van der Waals surface area contributed by atoms with Crippen molar-refractivity contribution in [1.29, 1.82) is 0 Å². The van der Waals surface area contributed by atoms with E-state index in [0.717, 1.165) is 18.5 Å². The number of hydrogen-bond donors (Lipinski definition) is 1. The Hall–Kier alpha value is -0.120. The summed E-state index contributed by atoms with van der Waals surface area (Å²) in [5.41, 5.74) is 0. The summed E-state index contributed by atoms with van der Waals surface area (Å²) in [6, 6.07) is 2.10. The molecule has 1 fully saturated rings. The third kappa shape index (κ3) is 5.05. The SMILES string of the molecule is CCC(CC)C(CNC1CCN(C)C(C)C1)N(C)C. The third-order valence-corrected chi connectivity index (χ3v) is 5.08. The zero-order chi connectivity index (χ0) is 14.4. The smallest absolute Gasteiger partial charge is 0.0242 e. The minimum absolute atomic E-state index is 0.671. The Morgan fingerprint density at radius 3 is 2.37 bits per heavy atom. The van der Waals surface area contributed by atoms with Crippen molar-refractivity contribution in [3.63, 3.8) is 0 Å². The van der Waals surface area contributed by atoms with Crippen LogP contribution < -0.4 is 5.32 Å². The van der Waals surface area contributed by atoms with E-state index in [-0.39, 0.29) is 0 Å². The van der Waals surface area contributed by atoms with Crippen LogP contribution in [0.1, 0.15) is 46.5 Å². The highest BCUT2D eigenvalue weighted by Gasteiger charge is 2.25. The first-order valence-corrected chi connectivity index (χ1v) is 8.09. The van der Waals surface area contributed by atoms with E-state index in [1.54, 1.807) is 0 Å². The number of hydrogen-bond acceptors (Lipinski definition) is 3. The molecule has 3 atom stereocenters. The maximum atomic E-state index is 3.83. The molecule has 0 bridgehead atoms. The molecule has 1 aliphatic heterocycles. The van der Waals surface area contributed by atoms with E-state index in [1.165, 1.54) is 32.2 Å². The Morgan fingerprint density at radius 1 is 1.26 bits per heavy atom. The van der Waals surface area contributed by atoms with E-state index in [4.69, 9.17) is 0 Å². The molecular weight excluding hydrogens is 234 g/mol. The second-order valence-corrected chi connectivity index (χ2v) is 6.57. The van der Waals surface area contributed by atoms with Crippen LogP contribution in [0.3, 0.4) is 0 Å². The van der Waals surface area contributed by atoms with Crippen molar-refractivity contribution in [2.75, 3.05) is 34.2 Å². The molecular formula is C16H35N3. The van der Waals surface area contributed by atoms with Gasteiger partial charge in [0.2, 0.25) is 0 Å². The van der Waals surface area contributed by atoms with Crippen molar-refractivity contribution in [3.05, 3.63) is 0 Å². The fourth-order valence-electron chi connectivity index (χ4n) is 3.37. The van der Waals surface area contributed by atoms with Crippen LogP contribution in [0.25, 0.3) is 0 Å². The third-order valence-electron chi connectivity index (χ3n) is 5.08. The largest absolute Gasteiger partial charge is 0.312 e. The molecule has 1 heterocycles. The van der Waals surface area contributed by atoms with Crippen molar-refractivity contribution in [3.8, 4) is 0 Å². The highest BCUT2D eigenvalue weighted by Crippen LogP contribution is 2.19. The number of rotatable bonds is 7. The first kappa shape index (κ1) is 16.9. The summed E-state index contributed by atoms with van der Waals surface area (Å²) < 4.78 is 0. The predicted molar refractivity (Wildman–Crippen MR) is 84.7 cm³/mol. The first-order chi connectivity index (χ1) is 8.99. The Balaban J connectivity index is 2.43. The van der Waals surface area contributed by atoms with Gasteiger partial charge in [0.15, 0.2) is 0 Å². The summed E-state index contributed by atoms with van der Waals surface area (Å²) in [6.07, 6.45) is 5.15. The molecule has 3 nitrogen and oxygen atoms in total. The van der Waals surface area contributed by atoms with Crippen molar-refractivity contribution in [1.82, 2.24) is 15.1 Å². The number of likely N-dealkylation sites (tertiary alicyclic amines) is 1. The van der Waals surface area contributed by atoms with Crippen LogP contribution >= 0.6 is 0 Å². The number of piperidine rings is 1. The summed E-state index contributed by atoms with van der Waals surface area (Å²) in [7, 11) is 6.69. The topological polar surface area (TPSA) is 18.5 Å². The van der Waals surface area contributed by atoms with Gasteiger partial charge in [0, 0.05) is 24.7 Å². The molecule has 1 N–H and O–H groups in total. The molecule has 0 radical (unpaired) electrons. The minimum atomic E-state index is 0.671. The normalized spacial score (nSPS) is 27.2. The first-order valence-electron chi connectivity index (χ1n) is 8.09. The van der Waals surface area contributed by atoms with Crippen molar-refractivity contribution >= 4 is 0 Å². The van der Waals surface area contributed by atoms with Crippen LogP contribution in [0.2, 0.25) is 0 Å². The average Bonchev–Trinajstić information content (AvgIpc) is 2.38. The van der Waals surface area contributed by atoms with Crippen molar-refractivity contribution < 1.29 is 0 Å². The van der Waals surface area contributed by atoms with Crippen LogP contribution in [-0.4, -0.2) is 62.2 Å². The molecule has 114 valence electrons. The Morgan fingerprint density at radius 2 is 1.89 bits per heavy atom. The molecule has 3 heteroatoms. The molecule has 1 rings (SSSR count). The molecule has 0 aromatic heterocycles. The average molecular weight is 269 g/mol. The lowest BCUT2D eigenvalue weighted by atomic mass is 9.92. The maximum Gasteiger partial charge on any atom is 0.0242 e. The van der Waals surface area contributed by atoms with Crippen LogP contribution in [0.15, 0.2) is 0 Å². The fourth-order valence-corrected chi connectivity index (χ4v) is 3.37. The summed E-state index contributed by atoms with van der Waals surface area (Å²) in [5, 5.41) is 3.83. The molecule has 0 saturated carbocycles. The lowest BCUT2D eigenvalue weighted by Crippen LogP contribution is -2.50. The summed E-state index contributed by atoms with van der Waals surface area (Å²) in [5.74, 6) is 0.811. The maximum absolute atomic E-state index is 3.83. The lowest BCUT2D eigenvalue weighted by Gasteiger charge is -2.38. The molecule has 0 aromatic carbocycles. The highest BCUT2D eigenvalue weighted by molar-refractivity contribution is 4.84. The zero-order valence-electron chi connectivity index (χ0n) is 13.9. The predicted octanol–water partition coefficient (Wildman–Crippen LogP) is 2.43. The molecule has 3 unspecified atom stereocenters. The van der Waals surface area contributed by atoms with Crippen molar-refractivity contribution in [2.24, 2.45) is 5.92 Å². The summed E-state index contributed by atoms with van der Waals surface area (Å²) >= 11 is 0. The Kier molecular flexibility index (Phi) is 7.33. The van der Waals surface area contributed by atoms with E-state index >= 15 is 0 Å². The van der Waals surface area contributed by atoms with Crippen LogP contribution in [0.4, 0.5) is 0 Å². The van der Waals surface area contributed by atoms with Gasteiger partial charge in [-0.3, -0.25) is 0 Å². The highest BCUT2D eigenvalue weighted by atomic mass is 15.2. The van der Waals surface area contributed by atoms with Gasteiger partial charge in [-0.1, -0.05) is 26.7 Å². The second-order valence-electron chi connectivity index (χ2n) is 6.57. The van der Waals surface area contributed by atoms with Gasteiger partial charge in [-0.05, 0) is 53.4 Å². The number of nitrogens with one attached hydrogen (secondary N) is 1. The van der Waals surface area contributed by atoms with Crippen LogP contribution in [0, 0.1) is 5.92 Å². The summed E-state index contributed by atoms with van der Waals surface area (Å²) in [6.45, 7) is 9.36. The molecule has 0 amide bonds. The number of nitrogens with zero attached hydrogens (tertiary/aromatic N) is 2. The van der Waals surface area contributed by atoms with Gasteiger partial charge in [0.1, 0.15) is 0 Å². The Bertz CT molecular complexity index is 238. The van der Waals surface area contributed by atoms with Gasteiger partial charge < -0.3 is 15.1 Å². The Labute approximate surface area is 120 Å². The minimum Gasteiger partial charge on any atom is -0.312 e. The van der Waals surface area contributed by atoms with Gasteiger partial charge in [0.25, 0.3) is 0 Å². The van der Waals surface area contributed by atoms with E-state index in [2.05, 4.69) is 57.0 Å². The van der Waals surface area contributed by atoms with E-state index in [1.807, 2.05) is 0 Å². The molecule has 0 aliphatic carbocycles. The van der Waals surface area contributed by atoms with E-state index < -0.39 is 0 Å². The lowest BCUT2D eigenvalue weighted by molar-refractivity contribution is 0.148.